The molecular formula is C89H119FO4Si. The summed E-state index contributed by atoms with van der Waals surface area (Å²) in [6, 6.07) is 68.4. The Morgan fingerprint density at radius 2 is 0.537 bits per heavy atom. The first-order valence-electron chi connectivity index (χ1n) is 33.1. The number of hydrogen-bond acceptors (Lipinski definition) is 4. The average molecular weight is 1300 g/mol. The summed E-state index contributed by atoms with van der Waals surface area (Å²) in [5, 5.41) is 1.57. The number of hydrogen-bond donors (Lipinski definition) is 0. The van der Waals surface area contributed by atoms with E-state index < -0.39 is 8.07 Å². The summed E-state index contributed by atoms with van der Waals surface area (Å²) in [4.78, 5) is 0. The van der Waals surface area contributed by atoms with Crippen molar-refractivity contribution in [2.45, 2.75) is 172 Å². The predicted octanol–water partition coefficient (Wildman–Crippen LogP) is 24.5. The summed E-state index contributed by atoms with van der Waals surface area (Å²) in [5.41, 5.74) is 26.8. The minimum Gasteiger partial charge on any atom is -0.497 e. The summed E-state index contributed by atoms with van der Waals surface area (Å²) in [5.74, 6) is 3.70. The molecule has 0 aliphatic carbocycles. The van der Waals surface area contributed by atoms with Crippen molar-refractivity contribution in [1.82, 2.24) is 0 Å². The first kappa shape index (κ1) is 84.6. The van der Waals surface area contributed by atoms with Crippen LogP contribution in [-0.2, 0) is 0 Å². The minimum absolute atomic E-state index is 0.146. The Balaban J connectivity index is 0.000000529. The smallest absolute Gasteiger partial charge is 0.123 e. The van der Waals surface area contributed by atoms with Gasteiger partial charge in [0.05, 0.1) is 36.0 Å². The predicted molar refractivity (Wildman–Crippen MR) is 418 cm³/mol. The van der Waals surface area contributed by atoms with Crippen molar-refractivity contribution in [2.24, 2.45) is 0 Å². The molecule has 10 aromatic carbocycles. The SMILES string of the molecule is CCOc1ccc(C)cc1C.COc1cc(C)cc(C)c1.COc1cc(C)cc(C)c1.COc1ccc(C)cc1C.Cc1cc(C)cc(C)c1.Cc1cc(C)cc(F)c1.Cc1cc(C)cc([Si](C)(C)C)c1.Cc1ccc(C)cc1.Cc1cccc(C)c1.Cc1ccccc1C. The lowest BCUT2D eigenvalue weighted by Gasteiger charge is -2.17. The van der Waals surface area contributed by atoms with E-state index in [2.05, 4.69) is 284 Å². The molecule has 0 radical (unpaired) electrons. The Morgan fingerprint density at radius 3 is 0.789 bits per heavy atom. The second-order valence-corrected chi connectivity index (χ2v) is 31.3. The van der Waals surface area contributed by atoms with Gasteiger partial charge in [0.25, 0.3) is 0 Å². The zero-order chi connectivity index (χ0) is 72.0. The van der Waals surface area contributed by atoms with Crippen LogP contribution < -0.4 is 24.1 Å². The summed E-state index contributed by atoms with van der Waals surface area (Å²) < 4.78 is 33.1. The van der Waals surface area contributed by atoms with Crippen molar-refractivity contribution in [2.75, 3.05) is 27.9 Å². The van der Waals surface area contributed by atoms with Gasteiger partial charge in [-0.2, -0.15) is 0 Å². The third-order valence-corrected chi connectivity index (χ3v) is 16.5. The molecular weight excluding hydrogens is 1180 g/mol. The lowest BCUT2D eigenvalue weighted by Crippen LogP contribution is -2.37. The molecule has 0 heterocycles. The molecule has 0 saturated heterocycles. The first-order chi connectivity index (χ1) is 44.5. The largest absolute Gasteiger partial charge is 0.497 e. The summed E-state index contributed by atoms with van der Waals surface area (Å²) >= 11 is 0. The van der Waals surface area contributed by atoms with Gasteiger partial charge in [-0.3, -0.25) is 0 Å². The lowest BCUT2D eigenvalue weighted by atomic mass is 10.1. The van der Waals surface area contributed by atoms with Crippen molar-refractivity contribution >= 4 is 13.3 Å². The molecule has 0 aliphatic heterocycles. The average Bonchev–Trinajstić information content (AvgIpc) is 0.994. The topological polar surface area (TPSA) is 36.9 Å². The Bertz CT molecular complexity index is 3490. The highest BCUT2D eigenvalue weighted by atomic mass is 28.3. The Kier molecular flexibility index (Phi) is 40.1. The second kappa shape index (κ2) is 45.0. The molecule has 95 heavy (non-hydrogen) atoms. The van der Waals surface area contributed by atoms with Gasteiger partial charge in [0.1, 0.15) is 28.8 Å². The molecule has 6 heteroatoms. The van der Waals surface area contributed by atoms with Crippen LogP contribution in [0.2, 0.25) is 19.6 Å². The van der Waals surface area contributed by atoms with Crippen molar-refractivity contribution in [1.29, 1.82) is 0 Å². The molecule has 0 atom stereocenters. The molecule has 0 unspecified atom stereocenters. The van der Waals surface area contributed by atoms with Crippen LogP contribution in [0.1, 0.15) is 124 Å². The number of halogens is 1. The molecule has 0 aromatic heterocycles. The number of methoxy groups -OCH3 is 3. The molecule has 0 spiro atoms. The van der Waals surface area contributed by atoms with Crippen molar-refractivity contribution < 1.29 is 23.3 Å². The standard InChI is InChI=1S/C11H18Si.C10H14O.3C9H12O.C9H12.C8H9F.3C8H10/c1-9-6-10(2)8-11(7-9)12(3,4)5;1-4-11-10-6-5-8(2)7-9(10)3;2*1-7-4-8(2)6-9(5-7)10-3;1-7-4-5-9(10-3)8(2)6-7;1-7-4-8(2)6-9(3)5-7;1-6-3-7(2)5-8(9)4-6;1-7-3-5-8(2)6-4-7;1-7-4-3-5-8(2)6-7;1-7-5-3-4-6-8(7)2/h6-8H,1-5H3;5-7H,4H2,1-3H3;3*4-6H,1-3H3;4-6H,1-3H3;3-5H,1-2H3;3*3-6H,1-2H3. The van der Waals surface area contributed by atoms with E-state index in [9.17, 15) is 4.39 Å². The van der Waals surface area contributed by atoms with E-state index in [1.165, 1.54) is 118 Å². The molecule has 0 aliphatic rings. The summed E-state index contributed by atoms with van der Waals surface area (Å²) in [6.45, 7) is 53.6. The number of benzene rings is 10. The quantitative estimate of drug-likeness (QED) is 0.156. The van der Waals surface area contributed by atoms with Gasteiger partial charge >= 0.3 is 0 Å². The molecule has 0 bridgehead atoms. The van der Waals surface area contributed by atoms with E-state index in [0.29, 0.717) is 0 Å². The fourth-order valence-electron chi connectivity index (χ4n) is 9.88. The molecule has 510 valence electrons. The number of aryl methyl sites for hydroxylation is 21. The minimum atomic E-state index is -1.10. The molecule has 0 amide bonds. The van der Waals surface area contributed by atoms with Crippen LogP contribution in [0.4, 0.5) is 4.39 Å². The molecule has 0 fully saturated rings. The first-order valence-corrected chi connectivity index (χ1v) is 36.6. The van der Waals surface area contributed by atoms with Crippen LogP contribution in [0.15, 0.2) is 200 Å². The van der Waals surface area contributed by atoms with Gasteiger partial charge in [0.15, 0.2) is 0 Å². The highest BCUT2D eigenvalue weighted by Gasteiger charge is 2.16. The van der Waals surface area contributed by atoms with Gasteiger partial charge in [0, 0.05) is 0 Å². The zero-order valence-corrected chi connectivity index (χ0v) is 64.8. The van der Waals surface area contributed by atoms with Crippen LogP contribution in [0, 0.1) is 151 Å². The third-order valence-electron chi connectivity index (χ3n) is 14.5. The van der Waals surface area contributed by atoms with E-state index in [0.717, 1.165) is 40.7 Å². The van der Waals surface area contributed by atoms with Gasteiger partial charge in [-0.05, 0) is 256 Å². The third kappa shape index (κ3) is 39.1. The van der Waals surface area contributed by atoms with E-state index in [1.807, 2.05) is 76.2 Å². The maximum absolute atomic E-state index is 12.4. The monoisotopic (exact) mass is 1300 g/mol. The van der Waals surface area contributed by atoms with Gasteiger partial charge < -0.3 is 18.9 Å². The van der Waals surface area contributed by atoms with Gasteiger partial charge in [-0.15, -0.1) is 0 Å². The van der Waals surface area contributed by atoms with Crippen LogP contribution >= 0.6 is 0 Å². The molecule has 0 saturated carbocycles. The second-order valence-electron chi connectivity index (χ2n) is 26.2. The van der Waals surface area contributed by atoms with E-state index in [4.69, 9.17) is 18.9 Å². The molecule has 0 N–H and O–H groups in total. The Hall–Kier alpha value is -8.45. The van der Waals surface area contributed by atoms with E-state index in [-0.39, 0.29) is 5.82 Å². The summed E-state index contributed by atoms with van der Waals surface area (Å²) in [6.07, 6.45) is 0. The number of ether oxygens (including phenoxy) is 4. The van der Waals surface area contributed by atoms with E-state index in [1.54, 1.807) is 26.5 Å². The normalized spacial score (nSPS) is 9.78. The van der Waals surface area contributed by atoms with Crippen molar-refractivity contribution in [3.8, 4) is 23.0 Å². The maximum atomic E-state index is 12.4. The van der Waals surface area contributed by atoms with E-state index >= 15 is 0 Å². The fraction of sp³-hybridized carbons (Fsp3) is 0.326. The zero-order valence-electron chi connectivity index (χ0n) is 63.8. The molecule has 10 rings (SSSR count). The number of rotatable bonds is 6. The summed E-state index contributed by atoms with van der Waals surface area (Å²) in [7, 11) is 3.97. The van der Waals surface area contributed by atoms with Crippen molar-refractivity contribution in [3.63, 3.8) is 0 Å². The van der Waals surface area contributed by atoms with Crippen LogP contribution in [0.25, 0.3) is 0 Å². The molecule has 4 nitrogen and oxygen atoms in total. The van der Waals surface area contributed by atoms with Crippen LogP contribution in [-0.4, -0.2) is 36.0 Å². The Morgan fingerprint density at radius 1 is 0.263 bits per heavy atom. The Labute approximate surface area is 579 Å². The van der Waals surface area contributed by atoms with Crippen molar-refractivity contribution in [3.05, 3.63) is 323 Å². The fourth-order valence-corrected chi connectivity index (χ4v) is 11.2. The maximum Gasteiger partial charge on any atom is 0.123 e. The highest BCUT2D eigenvalue weighted by Crippen LogP contribution is 2.20. The molecule has 10 aromatic rings. The van der Waals surface area contributed by atoms with Gasteiger partial charge in [-0.1, -0.05) is 238 Å². The lowest BCUT2D eigenvalue weighted by molar-refractivity contribution is 0.338. The highest BCUT2D eigenvalue weighted by molar-refractivity contribution is 6.88. The van der Waals surface area contributed by atoms with Crippen LogP contribution in [0.5, 0.6) is 23.0 Å². The van der Waals surface area contributed by atoms with Gasteiger partial charge in [-0.25, -0.2) is 4.39 Å². The van der Waals surface area contributed by atoms with Crippen LogP contribution in [0.3, 0.4) is 0 Å². The van der Waals surface area contributed by atoms with Gasteiger partial charge in [0.2, 0.25) is 0 Å².